The second kappa shape index (κ2) is 2.27. The number of hydrogen-bond acceptors (Lipinski definition) is 2. The highest BCUT2D eigenvalue weighted by atomic mass is 14.7. The Kier molecular flexibility index (Phi) is 1.43. The second-order valence-corrected chi connectivity index (χ2v) is 1.64. The van der Waals surface area contributed by atoms with Crippen LogP contribution < -0.4 is 0 Å². The summed E-state index contributed by atoms with van der Waals surface area (Å²) >= 11 is 0. The normalized spacial score (nSPS) is 17.1. The quantitative estimate of drug-likeness (QED) is 0.458. The molecule has 0 aromatic heterocycles. The summed E-state index contributed by atoms with van der Waals surface area (Å²) in [7, 11) is 0. The smallest absolute Gasteiger partial charge is 0.0963 e. The lowest BCUT2D eigenvalue weighted by molar-refractivity contribution is 1.03. The highest BCUT2D eigenvalue weighted by molar-refractivity contribution is 5.61. The zero-order valence-electron chi connectivity index (χ0n) is 4.46. The van der Waals surface area contributed by atoms with E-state index in [1.54, 1.807) is 6.20 Å². The highest BCUT2D eigenvalue weighted by Crippen LogP contribution is 2.05. The SMILES string of the molecule is N#CC1=CN=CCC1. The van der Waals surface area contributed by atoms with Gasteiger partial charge in [-0.15, -0.1) is 0 Å². The number of aliphatic imine (C=N–C) groups is 1. The molecule has 0 atom stereocenters. The maximum absolute atomic E-state index is 8.30. The molecule has 2 heteroatoms. The molecule has 0 amide bonds. The Labute approximate surface area is 48.2 Å². The van der Waals surface area contributed by atoms with Gasteiger partial charge in [0.2, 0.25) is 0 Å². The van der Waals surface area contributed by atoms with Crippen molar-refractivity contribution in [1.29, 1.82) is 5.26 Å². The van der Waals surface area contributed by atoms with Crippen molar-refractivity contribution in [3.05, 3.63) is 11.8 Å². The van der Waals surface area contributed by atoms with Gasteiger partial charge in [0, 0.05) is 18.0 Å². The molecule has 0 spiro atoms. The van der Waals surface area contributed by atoms with Crippen molar-refractivity contribution < 1.29 is 0 Å². The molecule has 1 rings (SSSR count). The van der Waals surface area contributed by atoms with Gasteiger partial charge in [0.15, 0.2) is 0 Å². The predicted octanol–water partition coefficient (Wildman–Crippen LogP) is 1.26. The molecule has 0 fully saturated rings. The van der Waals surface area contributed by atoms with Crippen molar-refractivity contribution in [2.24, 2.45) is 4.99 Å². The minimum Gasteiger partial charge on any atom is -0.268 e. The molecular formula is C6H6N2. The summed E-state index contributed by atoms with van der Waals surface area (Å²) in [6, 6.07) is 2.05. The molecule has 0 aromatic rings. The van der Waals surface area contributed by atoms with Gasteiger partial charge in [-0.1, -0.05) is 0 Å². The van der Waals surface area contributed by atoms with Gasteiger partial charge in [-0.2, -0.15) is 5.26 Å². The average molecular weight is 106 g/mol. The number of rotatable bonds is 0. The summed E-state index contributed by atoms with van der Waals surface area (Å²) in [5.41, 5.74) is 0.785. The van der Waals surface area contributed by atoms with E-state index in [1.807, 2.05) is 6.21 Å². The number of hydrogen-bond donors (Lipinski definition) is 0. The van der Waals surface area contributed by atoms with Crippen LogP contribution in [0.15, 0.2) is 16.8 Å². The van der Waals surface area contributed by atoms with Gasteiger partial charge in [-0.05, 0) is 12.8 Å². The fourth-order valence-corrected chi connectivity index (χ4v) is 0.587. The molecule has 8 heavy (non-hydrogen) atoms. The van der Waals surface area contributed by atoms with Gasteiger partial charge in [0.25, 0.3) is 0 Å². The fourth-order valence-electron chi connectivity index (χ4n) is 0.587. The third-order valence-corrected chi connectivity index (χ3v) is 1.02. The summed E-state index contributed by atoms with van der Waals surface area (Å²) in [4.78, 5) is 3.82. The lowest BCUT2D eigenvalue weighted by atomic mass is 10.1. The summed E-state index contributed by atoms with van der Waals surface area (Å²) in [6.07, 6.45) is 5.21. The topological polar surface area (TPSA) is 36.1 Å². The Balaban J connectivity index is 2.67. The Morgan fingerprint density at radius 1 is 1.75 bits per heavy atom. The minimum atomic E-state index is 0.785. The van der Waals surface area contributed by atoms with Gasteiger partial charge in [0.1, 0.15) is 0 Å². The molecule has 0 unspecified atom stereocenters. The minimum absolute atomic E-state index is 0.785. The van der Waals surface area contributed by atoms with Crippen LogP contribution in [0.5, 0.6) is 0 Å². The van der Waals surface area contributed by atoms with Crippen molar-refractivity contribution in [2.45, 2.75) is 12.8 Å². The summed E-state index contributed by atoms with van der Waals surface area (Å²) in [5, 5.41) is 8.30. The number of nitriles is 1. The van der Waals surface area contributed by atoms with Crippen molar-refractivity contribution in [1.82, 2.24) is 0 Å². The molecule has 0 saturated carbocycles. The molecule has 1 aliphatic rings. The van der Waals surface area contributed by atoms with Crippen LogP contribution in [0.2, 0.25) is 0 Å². The molecule has 1 heterocycles. The van der Waals surface area contributed by atoms with E-state index >= 15 is 0 Å². The van der Waals surface area contributed by atoms with Gasteiger partial charge >= 0.3 is 0 Å². The third kappa shape index (κ3) is 0.941. The van der Waals surface area contributed by atoms with E-state index in [-0.39, 0.29) is 0 Å². The molecule has 0 N–H and O–H groups in total. The van der Waals surface area contributed by atoms with Crippen LogP contribution >= 0.6 is 0 Å². The van der Waals surface area contributed by atoms with Gasteiger partial charge in [0.05, 0.1) is 6.07 Å². The number of allylic oxidation sites excluding steroid dienone is 1. The first-order valence-corrected chi connectivity index (χ1v) is 2.54. The van der Waals surface area contributed by atoms with E-state index in [2.05, 4.69) is 11.1 Å². The zero-order chi connectivity index (χ0) is 5.82. The van der Waals surface area contributed by atoms with Crippen LogP contribution in [0.4, 0.5) is 0 Å². The van der Waals surface area contributed by atoms with E-state index in [0.29, 0.717) is 0 Å². The lowest BCUT2D eigenvalue weighted by Crippen LogP contribution is -1.85. The Morgan fingerprint density at radius 3 is 3.00 bits per heavy atom. The average Bonchev–Trinajstić information content (AvgIpc) is 1.90. The first-order chi connectivity index (χ1) is 3.93. The Morgan fingerprint density at radius 2 is 2.62 bits per heavy atom. The third-order valence-electron chi connectivity index (χ3n) is 1.02. The maximum atomic E-state index is 8.30. The summed E-state index contributed by atoms with van der Waals surface area (Å²) < 4.78 is 0. The summed E-state index contributed by atoms with van der Waals surface area (Å²) in [6.45, 7) is 0. The van der Waals surface area contributed by atoms with E-state index in [9.17, 15) is 0 Å². The molecule has 0 bridgehead atoms. The first kappa shape index (κ1) is 5.04. The Bertz CT molecular complexity index is 171. The zero-order valence-corrected chi connectivity index (χ0v) is 4.46. The molecule has 0 saturated heterocycles. The van der Waals surface area contributed by atoms with Crippen molar-refractivity contribution >= 4 is 6.21 Å². The highest BCUT2D eigenvalue weighted by Gasteiger charge is 1.95. The molecule has 0 aromatic carbocycles. The largest absolute Gasteiger partial charge is 0.268 e. The van der Waals surface area contributed by atoms with E-state index in [0.717, 1.165) is 18.4 Å². The summed E-state index contributed by atoms with van der Waals surface area (Å²) in [5.74, 6) is 0. The van der Waals surface area contributed by atoms with Crippen LogP contribution in [0.3, 0.4) is 0 Å². The van der Waals surface area contributed by atoms with Gasteiger partial charge in [-0.3, -0.25) is 4.99 Å². The molecule has 0 aliphatic carbocycles. The van der Waals surface area contributed by atoms with Crippen LogP contribution in [-0.2, 0) is 0 Å². The standard InChI is InChI=1S/C6H6N2/c7-4-6-2-1-3-8-5-6/h3,5H,1-2H2. The van der Waals surface area contributed by atoms with Crippen molar-refractivity contribution in [3.8, 4) is 6.07 Å². The van der Waals surface area contributed by atoms with Crippen LogP contribution in [0, 0.1) is 11.3 Å². The number of nitrogens with zero attached hydrogens (tertiary/aromatic N) is 2. The van der Waals surface area contributed by atoms with Gasteiger partial charge in [-0.25, -0.2) is 0 Å². The van der Waals surface area contributed by atoms with E-state index < -0.39 is 0 Å². The molecule has 1 aliphatic heterocycles. The van der Waals surface area contributed by atoms with E-state index in [4.69, 9.17) is 5.26 Å². The van der Waals surface area contributed by atoms with Crippen molar-refractivity contribution in [3.63, 3.8) is 0 Å². The van der Waals surface area contributed by atoms with Crippen LogP contribution in [-0.4, -0.2) is 6.21 Å². The predicted molar refractivity (Wildman–Crippen MR) is 31.4 cm³/mol. The molecule has 2 nitrogen and oxygen atoms in total. The molecular weight excluding hydrogens is 100 g/mol. The molecule has 0 radical (unpaired) electrons. The second-order valence-electron chi connectivity index (χ2n) is 1.64. The Hall–Kier alpha value is -1.10. The monoisotopic (exact) mass is 106 g/mol. The molecule has 40 valence electrons. The first-order valence-electron chi connectivity index (χ1n) is 2.54. The maximum Gasteiger partial charge on any atom is 0.0963 e. The van der Waals surface area contributed by atoms with Crippen LogP contribution in [0.1, 0.15) is 12.8 Å². The van der Waals surface area contributed by atoms with Gasteiger partial charge < -0.3 is 0 Å². The fraction of sp³-hybridized carbons (Fsp3) is 0.333. The van der Waals surface area contributed by atoms with E-state index in [1.165, 1.54) is 0 Å². The van der Waals surface area contributed by atoms with Crippen molar-refractivity contribution in [2.75, 3.05) is 0 Å². The lowest BCUT2D eigenvalue weighted by Gasteiger charge is -1.95. The van der Waals surface area contributed by atoms with Crippen LogP contribution in [0.25, 0.3) is 0 Å².